The molecule has 0 amide bonds. The lowest BCUT2D eigenvalue weighted by Crippen LogP contribution is -2.55. The van der Waals surface area contributed by atoms with Crippen LogP contribution in [0.3, 0.4) is 0 Å². The second kappa shape index (κ2) is 6.88. The van der Waals surface area contributed by atoms with E-state index < -0.39 is 0 Å². The Balaban J connectivity index is 1.78. The number of hydrogen-bond donors (Lipinski definition) is 1. The smallest absolute Gasteiger partial charge is 0.0250 e. The number of nitrogens with zero attached hydrogens (tertiary/aromatic N) is 2. The third-order valence-electron chi connectivity index (χ3n) is 4.45. The summed E-state index contributed by atoms with van der Waals surface area (Å²) in [6, 6.07) is 1.57. The molecule has 0 spiro atoms. The molecule has 0 bridgehead atoms. The lowest BCUT2D eigenvalue weighted by molar-refractivity contribution is 0.0808. The molecule has 3 nitrogen and oxygen atoms in total. The lowest BCUT2D eigenvalue weighted by Gasteiger charge is -2.40. The summed E-state index contributed by atoms with van der Waals surface area (Å²) < 4.78 is 0. The van der Waals surface area contributed by atoms with Gasteiger partial charge in [0.2, 0.25) is 0 Å². The van der Waals surface area contributed by atoms with Crippen LogP contribution in [-0.2, 0) is 0 Å². The van der Waals surface area contributed by atoms with Crippen molar-refractivity contribution in [1.82, 2.24) is 15.1 Å². The highest BCUT2D eigenvalue weighted by Crippen LogP contribution is 2.25. The maximum absolute atomic E-state index is 3.68. The van der Waals surface area contributed by atoms with Gasteiger partial charge >= 0.3 is 0 Å². The molecule has 1 heterocycles. The fourth-order valence-electron chi connectivity index (χ4n) is 3.67. The Morgan fingerprint density at radius 2 is 1.83 bits per heavy atom. The van der Waals surface area contributed by atoms with Gasteiger partial charge < -0.3 is 10.2 Å². The van der Waals surface area contributed by atoms with E-state index in [1.165, 1.54) is 52.0 Å². The molecule has 2 atom stereocenters. The maximum Gasteiger partial charge on any atom is 0.0250 e. The van der Waals surface area contributed by atoms with E-state index in [1.807, 2.05) is 0 Å². The fraction of sp³-hybridized carbons (Fsp3) is 1.00. The van der Waals surface area contributed by atoms with E-state index in [4.69, 9.17) is 0 Å². The van der Waals surface area contributed by atoms with Crippen LogP contribution in [0.5, 0.6) is 0 Å². The summed E-state index contributed by atoms with van der Waals surface area (Å²) in [4.78, 5) is 5.38. The molecule has 106 valence electrons. The molecule has 0 aromatic carbocycles. The standard InChI is InChI=1S/C15H31N3/c1-4-16-14-6-5-7-15(14)18-10-8-17(9-11-18)12-13(2)3/h13-16H,4-12H2,1-3H3. The summed E-state index contributed by atoms with van der Waals surface area (Å²) in [6.07, 6.45) is 4.20. The average molecular weight is 253 g/mol. The summed E-state index contributed by atoms with van der Waals surface area (Å²) in [7, 11) is 0. The second-order valence-electron chi connectivity index (χ2n) is 6.39. The van der Waals surface area contributed by atoms with Gasteiger partial charge in [-0.15, -0.1) is 0 Å². The Kier molecular flexibility index (Phi) is 5.46. The van der Waals surface area contributed by atoms with Crippen LogP contribution >= 0.6 is 0 Å². The summed E-state index contributed by atoms with van der Waals surface area (Å²) in [5, 5.41) is 3.68. The van der Waals surface area contributed by atoms with Crippen LogP contribution in [0.1, 0.15) is 40.0 Å². The average Bonchev–Trinajstić information content (AvgIpc) is 2.78. The minimum absolute atomic E-state index is 0.756. The van der Waals surface area contributed by atoms with Crippen LogP contribution in [0, 0.1) is 5.92 Å². The first-order valence-corrected chi connectivity index (χ1v) is 7.90. The van der Waals surface area contributed by atoms with Gasteiger partial charge in [0.25, 0.3) is 0 Å². The van der Waals surface area contributed by atoms with Gasteiger partial charge in [0, 0.05) is 44.8 Å². The second-order valence-corrected chi connectivity index (χ2v) is 6.39. The molecule has 1 saturated heterocycles. The molecule has 0 radical (unpaired) electrons. The van der Waals surface area contributed by atoms with Crippen LogP contribution in [0.4, 0.5) is 0 Å². The zero-order valence-electron chi connectivity index (χ0n) is 12.5. The van der Waals surface area contributed by atoms with Crippen molar-refractivity contribution in [3.05, 3.63) is 0 Å². The molecule has 1 saturated carbocycles. The van der Waals surface area contributed by atoms with E-state index in [-0.39, 0.29) is 0 Å². The Morgan fingerprint density at radius 1 is 1.11 bits per heavy atom. The number of rotatable bonds is 5. The van der Waals surface area contributed by atoms with E-state index in [9.17, 15) is 0 Å². The van der Waals surface area contributed by atoms with Crippen molar-refractivity contribution in [1.29, 1.82) is 0 Å². The van der Waals surface area contributed by atoms with Crippen LogP contribution in [-0.4, -0.2) is 61.2 Å². The number of hydrogen-bond acceptors (Lipinski definition) is 3. The van der Waals surface area contributed by atoms with Crippen molar-refractivity contribution in [3.63, 3.8) is 0 Å². The summed E-state index contributed by atoms with van der Waals surface area (Å²) in [5.41, 5.74) is 0. The molecule has 1 aliphatic carbocycles. The van der Waals surface area contributed by atoms with E-state index in [0.29, 0.717) is 0 Å². The number of nitrogens with one attached hydrogen (secondary N) is 1. The SMILES string of the molecule is CCNC1CCCC1N1CCN(CC(C)C)CC1. The lowest BCUT2D eigenvalue weighted by atomic mass is 10.1. The quantitative estimate of drug-likeness (QED) is 0.806. The predicted octanol–water partition coefficient (Wildman–Crippen LogP) is 1.79. The highest BCUT2D eigenvalue weighted by molar-refractivity contribution is 4.92. The highest BCUT2D eigenvalue weighted by atomic mass is 15.3. The molecule has 2 fully saturated rings. The molecule has 0 aromatic rings. The van der Waals surface area contributed by atoms with Gasteiger partial charge in [0.15, 0.2) is 0 Å². The summed E-state index contributed by atoms with van der Waals surface area (Å²) >= 11 is 0. The molecule has 18 heavy (non-hydrogen) atoms. The van der Waals surface area contributed by atoms with Crippen molar-refractivity contribution >= 4 is 0 Å². The van der Waals surface area contributed by atoms with Gasteiger partial charge in [-0.3, -0.25) is 4.90 Å². The van der Waals surface area contributed by atoms with Crippen molar-refractivity contribution in [3.8, 4) is 0 Å². The first kappa shape index (κ1) is 14.3. The summed E-state index contributed by atoms with van der Waals surface area (Å²) in [6.45, 7) is 14.4. The van der Waals surface area contributed by atoms with Gasteiger partial charge in [-0.25, -0.2) is 0 Å². The maximum atomic E-state index is 3.68. The van der Waals surface area contributed by atoms with E-state index in [0.717, 1.165) is 24.5 Å². The molecule has 0 aromatic heterocycles. The van der Waals surface area contributed by atoms with Gasteiger partial charge in [-0.1, -0.05) is 27.2 Å². The Bertz CT molecular complexity index is 234. The third-order valence-corrected chi connectivity index (χ3v) is 4.45. The molecule has 2 rings (SSSR count). The van der Waals surface area contributed by atoms with E-state index in [1.54, 1.807) is 0 Å². The van der Waals surface area contributed by atoms with Crippen molar-refractivity contribution < 1.29 is 0 Å². The first-order chi connectivity index (χ1) is 8.70. The van der Waals surface area contributed by atoms with Gasteiger partial charge in [0.1, 0.15) is 0 Å². The zero-order valence-corrected chi connectivity index (χ0v) is 12.5. The van der Waals surface area contributed by atoms with Crippen molar-refractivity contribution in [2.24, 2.45) is 5.92 Å². The Labute approximate surface area is 113 Å². The Hall–Kier alpha value is -0.120. The first-order valence-electron chi connectivity index (χ1n) is 7.90. The van der Waals surface area contributed by atoms with Crippen LogP contribution in [0.2, 0.25) is 0 Å². The minimum atomic E-state index is 0.756. The van der Waals surface area contributed by atoms with Gasteiger partial charge in [0.05, 0.1) is 0 Å². The van der Waals surface area contributed by atoms with E-state index >= 15 is 0 Å². The largest absolute Gasteiger partial charge is 0.313 e. The fourth-order valence-corrected chi connectivity index (χ4v) is 3.67. The number of piperazine rings is 1. The Morgan fingerprint density at radius 3 is 2.44 bits per heavy atom. The molecule has 1 aliphatic heterocycles. The molecular formula is C15H31N3. The van der Waals surface area contributed by atoms with Gasteiger partial charge in [-0.05, 0) is 25.3 Å². The molecule has 2 aliphatic rings. The predicted molar refractivity (Wildman–Crippen MR) is 78.0 cm³/mol. The molecule has 3 heteroatoms. The topological polar surface area (TPSA) is 18.5 Å². The molecular weight excluding hydrogens is 222 g/mol. The van der Waals surface area contributed by atoms with Crippen LogP contribution < -0.4 is 5.32 Å². The van der Waals surface area contributed by atoms with Crippen molar-refractivity contribution in [2.45, 2.75) is 52.1 Å². The molecule has 1 N–H and O–H groups in total. The van der Waals surface area contributed by atoms with Crippen LogP contribution in [0.15, 0.2) is 0 Å². The van der Waals surface area contributed by atoms with E-state index in [2.05, 4.69) is 35.9 Å². The third kappa shape index (κ3) is 3.69. The normalized spacial score (nSPS) is 31.3. The van der Waals surface area contributed by atoms with Gasteiger partial charge in [-0.2, -0.15) is 0 Å². The van der Waals surface area contributed by atoms with Crippen LogP contribution in [0.25, 0.3) is 0 Å². The highest BCUT2D eigenvalue weighted by Gasteiger charge is 2.33. The summed E-state index contributed by atoms with van der Waals surface area (Å²) in [5.74, 6) is 0.803. The van der Waals surface area contributed by atoms with Crippen molar-refractivity contribution in [2.75, 3.05) is 39.3 Å². The number of likely N-dealkylation sites (N-methyl/N-ethyl adjacent to an activating group) is 1. The monoisotopic (exact) mass is 253 g/mol. The molecule has 2 unspecified atom stereocenters. The zero-order chi connectivity index (χ0) is 13.0. The minimum Gasteiger partial charge on any atom is -0.313 e.